The zero-order chi connectivity index (χ0) is 11.2. The second-order valence-electron chi connectivity index (χ2n) is 4.55. The molecule has 0 unspecified atom stereocenters. The number of nitrogens with one attached hydrogen (secondary N) is 2. The second-order valence-corrected chi connectivity index (χ2v) is 4.55. The molecule has 1 aliphatic heterocycles. The van der Waals surface area contributed by atoms with Gasteiger partial charge < -0.3 is 15.4 Å². The first-order valence-corrected chi connectivity index (χ1v) is 6.07. The van der Waals surface area contributed by atoms with E-state index in [1.807, 2.05) is 0 Å². The first kappa shape index (κ1) is 14.5. The van der Waals surface area contributed by atoms with Gasteiger partial charge in [-0.15, -0.1) is 12.4 Å². The Bertz CT molecular complexity index is 278. The summed E-state index contributed by atoms with van der Waals surface area (Å²) < 4.78 is 5.32. The maximum Gasteiger partial charge on any atom is 0.246 e. The third-order valence-electron chi connectivity index (χ3n) is 2.95. The van der Waals surface area contributed by atoms with Crippen molar-refractivity contribution in [1.82, 2.24) is 10.6 Å². The van der Waals surface area contributed by atoms with Gasteiger partial charge in [-0.1, -0.05) is 11.6 Å². The molecular weight excluding hydrogens is 240 g/mol. The molecule has 1 amide bonds. The Morgan fingerprint density at radius 3 is 3.00 bits per heavy atom. The van der Waals surface area contributed by atoms with Crippen LogP contribution in [0.3, 0.4) is 0 Å². The Kier molecular flexibility index (Phi) is 6.55. The van der Waals surface area contributed by atoms with E-state index in [-0.39, 0.29) is 24.9 Å². The quantitative estimate of drug-likeness (QED) is 0.697. The lowest BCUT2D eigenvalue weighted by Crippen LogP contribution is -2.32. The van der Waals surface area contributed by atoms with Gasteiger partial charge >= 0.3 is 0 Å². The number of carbonyl (C=O) groups excluding carboxylic acids is 1. The number of halogens is 1. The van der Waals surface area contributed by atoms with Gasteiger partial charge in [0.1, 0.15) is 6.61 Å². The number of amides is 1. The van der Waals surface area contributed by atoms with Gasteiger partial charge in [0.2, 0.25) is 5.91 Å². The molecular formula is C12H21ClN2O2. The number of hydrogen-bond acceptors (Lipinski definition) is 3. The predicted octanol–water partition coefficient (Wildman–Crippen LogP) is 0.871. The van der Waals surface area contributed by atoms with Crippen molar-refractivity contribution >= 4 is 18.3 Å². The lowest BCUT2D eigenvalue weighted by atomic mass is 10.1. The molecule has 0 spiro atoms. The van der Waals surface area contributed by atoms with Crippen LogP contribution in [0.15, 0.2) is 11.6 Å². The summed E-state index contributed by atoms with van der Waals surface area (Å²) in [6.07, 6.45) is 5.71. The summed E-state index contributed by atoms with van der Waals surface area (Å²) in [5.74, 6) is 0.722. The summed E-state index contributed by atoms with van der Waals surface area (Å²) in [6.45, 7) is 3.57. The predicted molar refractivity (Wildman–Crippen MR) is 69.4 cm³/mol. The lowest BCUT2D eigenvalue weighted by molar-refractivity contribution is -0.125. The van der Waals surface area contributed by atoms with Crippen LogP contribution in [0.2, 0.25) is 0 Å². The molecule has 0 atom stereocenters. The smallest absolute Gasteiger partial charge is 0.246 e. The molecule has 1 heterocycles. The van der Waals surface area contributed by atoms with E-state index in [9.17, 15) is 4.79 Å². The minimum Gasteiger partial charge on any atom is -0.371 e. The van der Waals surface area contributed by atoms with Crippen LogP contribution in [0.4, 0.5) is 0 Å². The van der Waals surface area contributed by atoms with E-state index in [2.05, 4.69) is 16.7 Å². The summed E-state index contributed by atoms with van der Waals surface area (Å²) in [5.41, 5.74) is 1.31. The Labute approximate surface area is 109 Å². The van der Waals surface area contributed by atoms with E-state index in [1.165, 1.54) is 18.4 Å². The van der Waals surface area contributed by atoms with E-state index in [4.69, 9.17) is 4.74 Å². The van der Waals surface area contributed by atoms with Crippen molar-refractivity contribution in [2.75, 3.05) is 32.8 Å². The first-order chi connectivity index (χ1) is 7.84. The Morgan fingerprint density at radius 2 is 2.35 bits per heavy atom. The maximum absolute atomic E-state index is 11.4. The SMILES string of the molecule is Cl.O=C(COCC1CC1)NCC1=CCNCC1. The number of rotatable bonds is 6. The molecule has 2 aliphatic rings. The minimum absolute atomic E-state index is 0. The van der Waals surface area contributed by atoms with Crippen molar-refractivity contribution < 1.29 is 9.53 Å². The van der Waals surface area contributed by atoms with Gasteiger partial charge in [-0.25, -0.2) is 0 Å². The third-order valence-corrected chi connectivity index (χ3v) is 2.95. The van der Waals surface area contributed by atoms with Crippen LogP contribution in [0, 0.1) is 5.92 Å². The molecule has 0 radical (unpaired) electrons. The molecule has 0 saturated heterocycles. The van der Waals surface area contributed by atoms with Crippen LogP contribution >= 0.6 is 12.4 Å². The van der Waals surface area contributed by atoms with Crippen molar-refractivity contribution in [3.8, 4) is 0 Å². The van der Waals surface area contributed by atoms with E-state index >= 15 is 0 Å². The fourth-order valence-corrected chi connectivity index (χ4v) is 1.70. The third kappa shape index (κ3) is 6.05. The summed E-state index contributed by atoms with van der Waals surface area (Å²) >= 11 is 0. The molecule has 2 rings (SSSR count). The average Bonchev–Trinajstić information content (AvgIpc) is 3.12. The molecule has 0 aromatic rings. The second kappa shape index (κ2) is 7.69. The van der Waals surface area contributed by atoms with E-state index in [1.54, 1.807) is 0 Å². The highest BCUT2D eigenvalue weighted by Gasteiger charge is 2.21. The van der Waals surface area contributed by atoms with E-state index in [0.717, 1.165) is 32.0 Å². The standard InChI is InChI=1S/C12H20N2O2.ClH/c15-12(9-16-8-11-1-2-11)14-7-10-3-5-13-6-4-10;/h3,11,13H,1-2,4-9H2,(H,14,15);1H. The molecule has 1 fully saturated rings. The van der Waals surface area contributed by atoms with Crippen molar-refractivity contribution in [3.05, 3.63) is 11.6 Å². The monoisotopic (exact) mass is 260 g/mol. The maximum atomic E-state index is 11.4. The van der Waals surface area contributed by atoms with Crippen molar-refractivity contribution in [2.24, 2.45) is 5.92 Å². The minimum atomic E-state index is 0. The molecule has 1 saturated carbocycles. The molecule has 2 N–H and O–H groups in total. The molecule has 0 aromatic heterocycles. The van der Waals surface area contributed by atoms with Crippen molar-refractivity contribution in [2.45, 2.75) is 19.3 Å². The summed E-state index contributed by atoms with van der Waals surface area (Å²) in [6, 6.07) is 0. The average molecular weight is 261 g/mol. The molecule has 0 bridgehead atoms. The molecule has 5 heteroatoms. The van der Waals surface area contributed by atoms with E-state index in [0.29, 0.717) is 6.54 Å². The van der Waals surface area contributed by atoms with Crippen LogP contribution in [-0.4, -0.2) is 38.8 Å². The first-order valence-electron chi connectivity index (χ1n) is 6.07. The van der Waals surface area contributed by atoms with Crippen LogP contribution in [0.25, 0.3) is 0 Å². The fourth-order valence-electron chi connectivity index (χ4n) is 1.70. The van der Waals surface area contributed by atoms with Crippen LogP contribution in [-0.2, 0) is 9.53 Å². The number of ether oxygens (including phenoxy) is 1. The molecule has 4 nitrogen and oxygen atoms in total. The van der Waals surface area contributed by atoms with Gasteiger partial charge in [-0.05, 0) is 31.7 Å². The highest BCUT2D eigenvalue weighted by Crippen LogP contribution is 2.28. The molecule has 0 aromatic carbocycles. The van der Waals surface area contributed by atoms with Crippen LogP contribution < -0.4 is 10.6 Å². The Balaban J connectivity index is 0.00000144. The van der Waals surface area contributed by atoms with Crippen LogP contribution in [0.1, 0.15) is 19.3 Å². The zero-order valence-electron chi connectivity index (χ0n) is 10.0. The van der Waals surface area contributed by atoms with Gasteiger partial charge in [0.25, 0.3) is 0 Å². The fraction of sp³-hybridized carbons (Fsp3) is 0.750. The van der Waals surface area contributed by atoms with Gasteiger partial charge in [0, 0.05) is 13.1 Å². The zero-order valence-corrected chi connectivity index (χ0v) is 10.9. The summed E-state index contributed by atoms with van der Waals surface area (Å²) in [5, 5.41) is 6.13. The van der Waals surface area contributed by atoms with Gasteiger partial charge in [-0.2, -0.15) is 0 Å². The molecule has 17 heavy (non-hydrogen) atoms. The van der Waals surface area contributed by atoms with Crippen LogP contribution in [0.5, 0.6) is 0 Å². The van der Waals surface area contributed by atoms with Gasteiger partial charge in [-0.3, -0.25) is 4.79 Å². The highest BCUT2D eigenvalue weighted by atomic mass is 35.5. The summed E-state index contributed by atoms with van der Waals surface area (Å²) in [7, 11) is 0. The molecule has 1 aliphatic carbocycles. The largest absolute Gasteiger partial charge is 0.371 e. The normalized spacial score (nSPS) is 19.2. The lowest BCUT2D eigenvalue weighted by Gasteiger charge is -2.14. The highest BCUT2D eigenvalue weighted by molar-refractivity contribution is 5.85. The van der Waals surface area contributed by atoms with Crippen molar-refractivity contribution in [1.29, 1.82) is 0 Å². The van der Waals surface area contributed by atoms with Crippen molar-refractivity contribution in [3.63, 3.8) is 0 Å². The molecule has 98 valence electrons. The Hall–Kier alpha value is -0.580. The topological polar surface area (TPSA) is 50.4 Å². The number of hydrogen-bond donors (Lipinski definition) is 2. The van der Waals surface area contributed by atoms with Gasteiger partial charge in [0.05, 0.1) is 6.61 Å². The van der Waals surface area contributed by atoms with E-state index < -0.39 is 0 Å². The summed E-state index contributed by atoms with van der Waals surface area (Å²) in [4.78, 5) is 11.4. The van der Waals surface area contributed by atoms with Gasteiger partial charge in [0.15, 0.2) is 0 Å². The Morgan fingerprint density at radius 1 is 1.53 bits per heavy atom. The number of carbonyl (C=O) groups is 1.